The molecular formula is C21H25Cl2N3O2. The van der Waals surface area contributed by atoms with Crippen molar-refractivity contribution in [2.45, 2.75) is 19.4 Å². The van der Waals surface area contributed by atoms with Crippen LogP contribution in [0, 0.1) is 5.92 Å². The largest absolute Gasteiger partial charge is 0.495 e. The maximum atomic E-state index is 12.3. The number of hydrogen-bond donors (Lipinski definition) is 2. The van der Waals surface area contributed by atoms with Gasteiger partial charge in [-0.3, -0.25) is 0 Å². The van der Waals surface area contributed by atoms with Gasteiger partial charge in [-0.25, -0.2) is 4.79 Å². The molecule has 7 heteroatoms. The van der Waals surface area contributed by atoms with Gasteiger partial charge in [-0.05, 0) is 49.1 Å². The molecule has 1 aliphatic heterocycles. The highest BCUT2D eigenvalue weighted by Crippen LogP contribution is 2.31. The minimum Gasteiger partial charge on any atom is -0.495 e. The van der Waals surface area contributed by atoms with Crippen LogP contribution in [0.15, 0.2) is 42.5 Å². The van der Waals surface area contributed by atoms with E-state index in [9.17, 15) is 4.79 Å². The summed E-state index contributed by atoms with van der Waals surface area (Å²) in [6, 6.07) is 13.0. The maximum absolute atomic E-state index is 12.3. The number of urea groups is 1. The second kappa shape index (κ2) is 9.39. The van der Waals surface area contributed by atoms with Crippen molar-refractivity contribution in [3.8, 4) is 5.75 Å². The molecule has 0 aromatic heterocycles. The van der Waals surface area contributed by atoms with E-state index in [1.54, 1.807) is 19.2 Å². The number of halogens is 2. The fourth-order valence-electron chi connectivity index (χ4n) is 3.46. The standard InChI is InChI=1S/C21H25Cl2N3O2/c1-14(16-7-8-17(22)18(23)11-16)25-21(27)24-12-15-9-10-26(13-15)19-5-3-4-6-20(19)28-2/h3-8,11,14-15H,9-10,12-13H2,1-2H3,(H2,24,25,27). The number of rotatable bonds is 6. The van der Waals surface area contributed by atoms with Crippen LogP contribution in [-0.4, -0.2) is 32.8 Å². The zero-order chi connectivity index (χ0) is 20.1. The zero-order valence-corrected chi connectivity index (χ0v) is 17.6. The van der Waals surface area contributed by atoms with E-state index >= 15 is 0 Å². The fourth-order valence-corrected chi connectivity index (χ4v) is 3.77. The number of carbonyl (C=O) groups is 1. The molecule has 28 heavy (non-hydrogen) atoms. The minimum atomic E-state index is -0.186. The van der Waals surface area contributed by atoms with Crippen molar-refractivity contribution in [3.63, 3.8) is 0 Å². The predicted octanol–water partition coefficient (Wildman–Crippen LogP) is 4.89. The monoisotopic (exact) mass is 421 g/mol. The molecular weight excluding hydrogens is 397 g/mol. The highest BCUT2D eigenvalue weighted by Gasteiger charge is 2.25. The molecule has 0 aliphatic carbocycles. The molecule has 0 bridgehead atoms. The third-order valence-electron chi connectivity index (χ3n) is 5.05. The Morgan fingerprint density at radius 3 is 2.79 bits per heavy atom. The summed E-state index contributed by atoms with van der Waals surface area (Å²) in [6.07, 6.45) is 1.03. The van der Waals surface area contributed by atoms with E-state index in [4.69, 9.17) is 27.9 Å². The Morgan fingerprint density at radius 1 is 1.25 bits per heavy atom. The van der Waals surface area contributed by atoms with E-state index < -0.39 is 0 Å². The van der Waals surface area contributed by atoms with Crippen LogP contribution in [0.25, 0.3) is 0 Å². The van der Waals surface area contributed by atoms with Crippen LogP contribution in [0.2, 0.25) is 10.0 Å². The van der Waals surface area contributed by atoms with Crippen LogP contribution in [0.1, 0.15) is 24.9 Å². The van der Waals surface area contributed by atoms with Crippen LogP contribution in [0.4, 0.5) is 10.5 Å². The molecule has 0 saturated carbocycles. The smallest absolute Gasteiger partial charge is 0.315 e. The van der Waals surface area contributed by atoms with Gasteiger partial charge < -0.3 is 20.3 Å². The molecule has 150 valence electrons. The molecule has 1 heterocycles. The molecule has 0 spiro atoms. The first kappa shape index (κ1) is 20.6. The minimum absolute atomic E-state index is 0.163. The summed E-state index contributed by atoms with van der Waals surface area (Å²) in [7, 11) is 1.69. The number of ether oxygens (including phenoxy) is 1. The summed E-state index contributed by atoms with van der Waals surface area (Å²) >= 11 is 12.0. The third-order valence-corrected chi connectivity index (χ3v) is 5.79. The number of nitrogens with zero attached hydrogens (tertiary/aromatic N) is 1. The number of para-hydroxylation sites is 2. The van der Waals surface area contributed by atoms with Gasteiger partial charge in [-0.2, -0.15) is 0 Å². The lowest BCUT2D eigenvalue weighted by Gasteiger charge is -2.21. The van der Waals surface area contributed by atoms with Crippen LogP contribution in [0.3, 0.4) is 0 Å². The Bertz CT molecular complexity index is 831. The van der Waals surface area contributed by atoms with E-state index in [1.165, 1.54) is 0 Å². The van der Waals surface area contributed by atoms with Gasteiger partial charge in [0.1, 0.15) is 5.75 Å². The molecule has 2 N–H and O–H groups in total. The molecule has 1 fully saturated rings. The quantitative estimate of drug-likeness (QED) is 0.697. The van der Waals surface area contributed by atoms with Gasteiger partial charge in [-0.1, -0.05) is 41.4 Å². The van der Waals surface area contributed by atoms with Crippen LogP contribution >= 0.6 is 23.2 Å². The Labute approximate surface area is 176 Å². The van der Waals surface area contributed by atoms with E-state index in [1.807, 2.05) is 31.2 Å². The molecule has 2 aromatic rings. The van der Waals surface area contributed by atoms with E-state index in [0.717, 1.165) is 36.5 Å². The topological polar surface area (TPSA) is 53.6 Å². The summed E-state index contributed by atoms with van der Waals surface area (Å²) in [5, 5.41) is 6.91. The summed E-state index contributed by atoms with van der Waals surface area (Å²) in [5.41, 5.74) is 2.01. The number of anilines is 1. The highest BCUT2D eigenvalue weighted by molar-refractivity contribution is 6.42. The second-order valence-electron chi connectivity index (χ2n) is 7.02. The number of nitrogens with one attached hydrogen (secondary N) is 2. The van der Waals surface area contributed by atoms with Crippen molar-refractivity contribution < 1.29 is 9.53 Å². The van der Waals surface area contributed by atoms with Crippen LogP contribution < -0.4 is 20.3 Å². The van der Waals surface area contributed by atoms with Crippen molar-refractivity contribution in [3.05, 3.63) is 58.1 Å². The summed E-state index contributed by atoms with van der Waals surface area (Å²) in [5.74, 6) is 1.28. The van der Waals surface area contributed by atoms with Crippen LogP contribution in [0.5, 0.6) is 5.75 Å². The SMILES string of the molecule is COc1ccccc1N1CCC(CNC(=O)NC(C)c2ccc(Cl)c(Cl)c2)C1. The van der Waals surface area contributed by atoms with Crippen molar-refractivity contribution in [2.75, 3.05) is 31.6 Å². The van der Waals surface area contributed by atoms with E-state index in [0.29, 0.717) is 22.5 Å². The summed E-state index contributed by atoms with van der Waals surface area (Å²) in [4.78, 5) is 14.6. The Kier molecular flexibility index (Phi) is 6.92. The number of benzene rings is 2. The molecule has 2 aromatic carbocycles. The van der Waals surface area contributed by atoms with Crippen molar-refractivity contribution in [1.29, 1.82) is 0 Å². The third kappa shape index (κ3) is 5.03. The molecule has 1 aliphatic rings. The molecule has 5 nitrogen and oxygen atoms in total. The van der Waals surface area contributed by atoms with Gasteiger partial charge >= 0.3 is 6.03 Å². The first-order chi connectivity index (χ1) is 13.5. The predicted molar refractivity (Wildman–Crippen MR) is 115 cm³/mol. The fraction of sp³-hybridized carbons (Fsp3) is 0.381. The zero-order valence-electron chi connectivity index (χ0n) is 16.0. The highest BCUT2D eigenvalue weighted by atomic mass is 35.5. The second-order valence-corrected chi connectivity index (χ2v) is 7.84. The van der Waals surface area contributed by atoms with Gasteiger partial charge in [0.15, 0.2) is 0 Å². The number of methoxy groups -OCH3 is 1. The molecule has 0 radical (unpaired) electrons. The number of amides is 2. The van der Waals surface area contributed by atoms with E-state index in [-0.39, 0.29) is 12.1 Å². The van der Waals surface area contributed by atoms with Crippen molar-refractivity contribution in [2.24, 2.45) is 5.92 Å². The van der Waals surface area contributed by atoms with Gasteiger partial charge in [0, 0.05) is 19.6 Å². The Balaban J connectivity index is 1.48. The summed E-state index contributed by atoms with van der Waals surface area (Å²) < 4.78 is 5.45. The van der Waals surface area contributed by atoms with E-state index in [2.05, 4.69) is 21.6 Å². The average Bonchev–Trinajstić information content (AvgIpc) is 3.17. The maximum Gasteiger partial charge on any atom is 0.315 e. The first-order valence-corrected chi connectivity index (χ1v) is 10.1. The Morgan fingerprint density at radius 2 is 2.04 bits per heavy atom. The number of carbonyl (C=O) groups excluding carboxylic acids is 1. The Hall–Kier alpha value is -2.11. The lowest BCUT2D eigenvalue weighted by molar-refractivity contribution is 0.236. The van der Waals surface area contributed by atoms with Crippen molar-refractivity contribution in [1.82, 2.24) is 10.6 Å². The number of hydrogen-bond acceptors (Lipinski definition) is 3. The lowest BCUT2D eigenvalue weighted by Crippen LogP contribution is -2.40. The molecule has 3 rings (SSSR count). The van der Waals surface area contributed by atoms with Crippen molar-refractivity contribution >= 4 is 34.9 Å². The first-order valence-electron chi connectivity index (χ1n) is 9.35. The van der Waals surface area contributed by atoms with Gasteiger partial charge in [0.2, 0.25) is 0 Å². The van der Waals surface area contributed by atoms with Gasteiger partial charge in [0.25, 0.3) is 0 Å². The molecule has 1 saturated heterocycles. The lowest BCUT2D eigenvalue weighted by atomic mass is 10.1. The normalized spacial score (nSPS) is 17.3. The van der Waals surface area contributed by atoms with Gasteiger partial charge in [0.05, 0.1) is 28.9 Å². The molecule has 2 unspecified atom stereocenters. The average molecular weight is 422 g/mol. The summed E-state index contributed by atoms with van der Waals surface area (Å²) in [6.45, 7) is 4.39. The van der Waals surface area contributed by atoms with Gasteiger partial charge in [-0.15, -0.1) is 0 Å². The van der Waals surface area contributed by atoms with Crippen LogP contribution in [-0.2, 0) is 0 Å². The molecule has 2 atom stereocenters. The molecule has 2 amide bonds.